The summed E-state index contributed by atoms with van der Waals surface area (Å²) < 4.78 is 5.57. The highest BCUT2D eigenvalue weighted by molar-refractivity contribution is 6.01. The lowest BCUT2D eigenvalue weighted by Gasteiger charge is -2.31. The Hall–Kier alpha value is -3.11. The van der Waals surface area contributed by atoms with E-state index < -0.39 is 0 Å². The van der Waals surface area contributed by atoms with Crippen molar-refractivity contribution in [1.29, 1.82) is 0 Å². The lowest BCUT2D eigenvalue weighted by molar-refractivity contribution is 0.340. The van der Waals surface area contributed by atoms with Gasteiger partial charge in [0.1, 0.15) is 17.7 Å². The molecule has 1 heterocycles. The van der Waals surface area contributed by atoms with Crippen LogP contribution in [0.4, 0.5) is 0 Å². The molecule has 1 aliphatic heterocycles. The van der Waals surface area contributed by atoms with Gasteiger partial charge in [-0.25, -0.2) is 0 Å². The van der Waals surface area contributed by atoms with Gasteiger partial charge in [-0.2, -0.15) is 0 Å². The van der Waals surface area contributed by atoms with Crippen LogP contribution >= 0.6 is 0 Å². The summed E-state index contributed by atoms with van der Waals surface area (Å²) in [4.78, 5) is 5.02. The highest BCUT2D eigenvalue weighted by atomic mass is 16.5. The monoisotopic (exact) mass is 386 g/mol. The van der Waals surface area contributed by atoms with Gasteiger partial charge in [0.05, 0.1) is 6.61 Å². The van der Waals surface area contributed by atoms with Crippen LogP contribution in [-0.4, -0.2) is 17.4 Å². The van der Waals surface area contributed by atoms with Gasteiger partial charge in [0.25, 0.3) is 0 Å². The van der Waals surface area contributed by atoms with Crippen LogP contribution in [0.2, 0.25) is 0 Å². The zero-order valence-electron chi connectivity index (χ0n) is 16.8. The molecule has 0 spiro atoms. The number of aliphatic imine (C=N–C) groups is 1. The molecule has 0 unspecified atom stereocenters. The second-order valence-corrected chi connectivity index (χ2v) is 7.33. The van der Waals surface area contributed by atoms with Crippen molar-refractivity contribution >= 4 is 5.71 Å². The van der Waals surface area contributed by atoms with E-state index in [1.165, 1.54) is 5.56 Å². The molecule has 4 nitrogen and oxygen atoms in total. The van der Waals surface area contributed by atoms with Gasteiger partial charge in [-0.1, -0.05) is 48.0 Å². The summed E-state index contributed by atoms with van der Waals surface area (Å²) in [6.07, 6.45) is 0.531. The number of hydrogen-bond donors (Lipinski definition) is 2. The largest absolute Gasteiger partial charge is 0.508 e. The van der Waals surface area contributed by atoms with Gasteiger partial charge in [0.2, 0.25) is 0 Å². The van der Waals surface area contributed by atoms with E-state index in [9.17, 15) is 5.11 Å². The second kappa shape index (κ2) is 8.50. The quantitative estimate of drug-likeness (QED) is 0.624. The van der Waals surface area contributed by atoms with Crippen molar-refractivity contribution in [3.8, 4) is 11.5 Å². The first-order valence-electron chi connectivity index (χ1n) is 10.0. The number of aromatic hydroxyl groups is 1. The fraction of sp³-hybridized carbons (Fsp3) is 0.240. The standard InChI is InChI=1S/C25H26N2O2/c1-3-29-20-14-12-18(13-15-20)22-16-23(21-6-4-5-7-24(21)28)27-25(26-22)19-10-8-17(2)9-11-19/h4-15,23,25,27-28H,3,16H2,1-2H3/t23-,25-/m1/s1. The summed E-state index contributed by atoms with van der Waals surface area (Å²) in [7, 11) is 0. The number of nitrogens with one attached hydrogen (secondary N) is 1. The highest BCUT2D eigenvalue weighted by Crippen LogP contribution is 2.34. The number of para-hydroxylation sites is 1. The summed E-state index contributed by atoms with van der Waals surface area (Å²) in [6.45, 7) is 4.71. The Kier molecular flexibility index (Phi) is 5.63. The molecule has 2 N–H and O–H groups in total. The lowest BCUT2D eigenvalue weighted by atomic mass is 9.93. The number of phenols is 1. The molecule has 0 radical (unpaired) electrons. The maximum absolute atomic E-state index is 10.4. The van der Waals surface area contributed by atoms with E-state index in [4.69, 9.17) is 9.73 Å². The van der Waals surface area contributed by atoms with E-state index in [-0.39, 0.29) is 12.2 Å². The Morgan fingerprint density at radius 1 is 1.00 bits per heavy atom. The molecule has 0 fully saturated rings. The van der Waals surface area contributed by atoms with E-state index >= 15 is 0 Å². The molecule has 4 heteroatoms. The summed E-state index contributed by atoms with van der Waals surface area (Å²) in [5, 5.41) is 14.0. The second-order valence-electron chi connectivity index (χ2n) is 7.33. The molecule has 0 aliphatic carbocycles. The molecule has 0 saturated heterocycles. The Morgan fingerprint density at radius 2 is 1.72 bits per heavy atom. The van der Waals surface area contributed by atoms with Crippen LogP contribution in [-0.2, 0) is 0 Å². The van der Waals surface area contributed by atoms with Crippen molar-refractivity contribution in [1.82, 2.24) is 5.32 Å². The van der Waals surface area contributed by atoms with Gasteiger partial charge < -0.3 is 9.84 Å². The summed E-state index contributed by atoms with van der Waals surface area (Å²) in [5.74, 6) is 1.17. The van der Waals surface area contributed by atoms with Crippen molar-refractivity contribution in [3.63, 3.8) is 0 Å². The maximum Gasteiger partial charge on any atom is 0.126 e. The fourth-order valence-electron chi connectivity index (χ4n) is 3.69. The van der Waals surface area contributed by atoms with E-state index in [2.05, 4.69) is 48.6 Å². The van der Waals surface area contributed by atoms with Crippen molar-refractivity contribution in [2.75, 3.05) is 6.61 Å². The number of phenolic OH excluding ortho intramolecular Hbond substituents is 1. The molecule has 148 valence electrons. The SMILES string of the molecule is CCOc1ccc(C2=N[C@@H](c3ccc(C)cc3)N[C@@H](c3ccccc3O)C2)cc1. The van der Waals surface area contributed by atoms with Crippen LogP contribution in [0, 0.1) is 6.92 Å². The zero-order valence-corrected chi connectivity index (χ0v) is 16.8. The average Bonchev–Trinajstić information content (AvgIpc) is 2.75. The van der Waals surface area contributed by atoms with Gasteiger partial charge in [-0.15, -0.1) is 0 Å². The smallest absolute Gasteiger partial charge is 0.126 e. The molecule has 2 atom stereocenters. The molecular weight excluding hydrogens is 360 g/mol. The number of benzene rings is 3. The first-order valence-corrected chi connectivity index (χ1v) is 10.0. The maximum atomic E-state index is 10.4. The predicted molar refractivity (Wildman–Crippen MR) is 117 cm³/mol. The molecule has 4 rings (SSSR count). The minimum Gasteiger partial charge on any atom is -0.508 e. The minimum atomic E-state index is -0.171. The normalized spacial score (nSPS) is 18.9. The minimum absolute atomic E-state index is 0.0263. The zero-order chi connectivity index (χ0) is 20.2. The predicted octanol–water partition coefficient (Wildman–Crippen LogP) is 5.32. The van der Waals surface area contributed by atoms with Gasteiger partial charge in [0.15, 0.2) is 0 Å². The van der Waals surface area contributed by atoms with Crippen LogP contribution < -0.4 is 10.1 Å². The number of aryl methyl sites for hydroxylation is 1. The summed E-state index contributed by atoms with van der Waals surface area (Å²) in [5.41, 5.74) is 5.32. The van der Waals surface area contributed by atoms with Crippen molar-refractivity contribution < 1.29 is 9.84 Å². The first kappa shape index (κ1) is 19.2. The Balaban J connectivity index is 1.71. The molecule has 3 aromatic rings. The number of ether oxygens (including phenoxy) is 1. The third-order valence-electron chi connectivity index (χ3n) is 5.25. The number of nitrogens with zero attached hydrogens (tertiary/aromatic N) is 1. The summed E-state index contributed by atoms with van der Waals surface area (Å²) >= 11 is 0. The third-order valence-corrected chi connectivity index (χ3v) is 5.25. The number of rotatable bonds is 5. The van der Waals surface area contributed by atoms with Crippen LogP contribution in [0.3, 0.4) is 0 Å². The Morgan fingerprint density at radius 3 is 2.41 bits per heavy atom. The van der Waals surface area contributed by atoms with E-state index in [0.717, 1.165) is 28.2 Å². The molecule has 0 saturated carbocycles. The lowest BCUT2D eigenvalue weighted by Crippen LogP contribution is -2.33. The van der Waals surface area contributed by atoms with Crippen LogP contribution in [0.25, 0.3) is 0 Å². The van der Waals surface area contributed by atoms with Crippen molar-refractivity contribution in [2.24, 2.45) is 4.99 Å². The third kappa shape index (κ3) is 4.33. The molecular formula is C25H26N2O2. The molecule has 0 amide bonds. The molecule has 3 aromatic carbocycles. The van der Waals surface area contributed by atoms with Gasteiger partial charge >= 0.3 is 0 Å². The molecule has 1 aliphatic rings. The van der Waals surface area contributed by atoms with Crippen LogP contribution in [0.5, 0.6) is 11.5 Å². The first-order chi connectivity index (χ1) is 14.1. The molecule has 0 bridgehead atoms. The highest BCUT2D eigenvalue weighted by Gasteiger charge is 2.27. The Bertz CT molecular complexity index is 994. The van der Waals surface area contributed by atoms with Crippen LogP contribution in [0.15, 0.2) is 77.8 Å². The van der Waals surface area contributed by atoms with E-state index in [1.807, 2.05) is 37.3 Å². The molecule has 29 heavy (non-hydrogen) atoms. The number of hydrogen-bond acceptors (Lipinski definition) is 4. The Labute approximate surface area is 171 Å². The molecule has 0 aromatic heterocycles. The van der Waals surface area contributed by atoms with Crippen LogP contribution in [0.1, 0.15) is 47.8 Å². The fourth-order valence-corrected chi connectivity index (χ4v) is 3.69. The van der Waals surface area contributed by atoms with E-state index in [1.54, 1.807) is 6.07 Å². The van der Waals surface area contributed by atoms with Gasteiger partial charge in [0, 0.05) is 23.7 Å². The van der Waals surface area contributed by atoms with Crippen molar-refractivity contribution in [3.05, 3.63) is 95.1 Å². The van der Waals surface area contributed by atoms with E-state index in [0.29, 0.717) is 18.8 Å². The van der Waals surface area contributed by atoms with Gasteiger partial charge in [-0.3, -0.25) is 10.3 Å². The average molecular weight is 386 g/mol. The summed E-state index contributed by atoms with van der Waals surface area (Å²) in [6, 6.07) is 24.0. The topological polar surface area (TPSA) is 53.8 Å². The van der Waals surface area contributed by atoms with Crippen molar-refractivity contribution in [2.45, 2.75) is 32.5 Å². The van der Waals surface area contributed by atoms with Gasteiger partial charge in [-0.05, 0) is 55.3 Å².